The molecule has 222 valence electrons. The van der Waals surface area contributed by atoms with Gasteiger partial charge < -0.3 is 10.0 Å². The molecule has 0 saturated heterocycles. The zero-order valence-electron chi connectivity index (χ0n) is 18.8. The van der Waals surface area contributed by atoms with Gasteiger partial charge in [0.1, 0.15) is 0 Å². The second-order valence-corrected chi connectivity index (χ2v) is 8.54. The van der Waals surface area contributed by atoms with Gasteiger partial charge in [-0.15, -0.1) is 0 Å². The minimum absolute atomic E-state index is 0.0715. The van der Waals surface area contributed by atoms with Crippen molar-refractivity contribution in [2.24, 2.45) is 0 Å². The Morgan fingerprint density at radius 1 is 0.605 bits per heavy atom. The molecule has 1 unspecified atom stereocenters. The molecule has 1 aromatic carbocycles. The number of anilines is 1. The molecule has 0 radical (unpaired) electrons. The van der Waals surface area contributed by atoms with Crippen LogP contribution in [0.2, 0.25) is 0 Å². The summed E-state index contributed by atoms with van der Waals surface area (Å²) in [6.07, 6.45) is -10.8. The van der Waals surface area contributed by atoms with E-state index in [1.54, 1.807) is 0 Å². The number of hydrogen-bond donors (Lipinski definition) is 1. The van der Waals surface area contributed by atoms with Crippen molar-refractivity contribution in [3.63, 3.8) is 0 Å². The van der Waals surface area contributed by atoms with Crippen molar-refractivity contribution >= 4 is 5.69 Å². The lowest BCUT2D eigenvalue weighted by atomic mass is 9.83. The molecule has 38 heavy (non-hydrogen) atoms. The van der Waals surface area contributed by atoms with E-state index in [4.69, 9.17) is 0 Å². The lowest BCUT2D eigenvalue weighted by Crippen LogP contribution is -2.74. The van der Waals surface area contributed by atoms with Crippen LogP contribution in [0.5, 0.6) is 0 Å². The number of rotatable bonds is 10. The van der Waals surface area contributed by atoms with Crippen LogP contribution in [0.1, 0.15) is 18.9 Å². The lowest BCUT2D eigenvalue weighted by molar-refractivity contribution is -0.462. The second kappa shape index (κ2) is 9.18. The zero-order chi connectivity index (χ0) is 30.8. The fourth-order valence-electron chi connectivity index (χ4n) is 2.96. The molecule has 0 aliphatic rings. The molecule has 0 saturated carbocycles. The van der Waals surface area contributed by atoms with Gasteiger partial charge in [-0.2, -0.15) is 74.6 Å². The van der Waals surface area contributed by atoms with Crippen LogP contribution in [0, 0.1) is 0 Å². The Bertz CT molecular complexity index is 997. The Labute approximate surface area is 202 Å². The topological polar surface area (TPSA) is 23.5 Å². The summed E-state index contributed by atoms with van der Waals surface area (Å²) in [5.74, 6) is -57.1. The van der Waals surface area contributed by atoms with Crippen molar-refractivity contribution in [3.05, 3.63) is 29.8 Å². The van der Waals surface area contributed by atoms with E-state index in [0.717, 1.165) is 18.2 Å². The van der Waals surface area contributed by atoms with Crippen molar-refractivity contribution < 1.29 is 79.7 Å². The standard InChI is InChI=1S/C19H16F17NO/c1-11(38,9-5-4-6-10(7-9)37(2)3)8-12(20,21)13(22,23)14(24,25)15(26,27)16(28,29)17(30,31)18(32,33)19(34,35)36/h4-7,38H,8H2,1-3H3. The van der Waals surface area contributed by atoms with Crippen LogP contribution in [0.3, 0.4) is 0 Å². The fourth-order valence-corrected chi connectivity index (χ4v) is 2.96. The Balaban J connectivity index is 3.62. The van der Waals surface area contributed by atoms with E-state index in [1.165, 1.54) is 25.1 Å². The van der Waals surface area contributed by atoms with Gasteiger partial charge in [0.05, 0.1) is 12.0 Å². The zero-order valence-corrected chi connectivity index (χ0v) is 18.8. The highest BCUT2D eigenvalue weighted by Crippen LogP contribution is 2.64. The molecule has 0 heterocycles. The average Bonchev–Trinajstić information content (AvgIpc) is 2.71. The summed E-state index contributed by atoms with van der Waals surface area (Å²) in [6.45, 7) is 0.259. The highest BCUT2D eigenvalue weighted by molar-refractivity contribution is 5.48. The van der Waals surface area contributed by atoms with E-state index in [2.05, 4.69) is 0 Å². The van der Waals surface area contributed by atoms with Crippen LogP contribution in [0.15, 0.2) is 24.3 Å². The highest BCUT2D eigenvalue weighted by atomic mass is 19.4. The molecule has 19 heteroatoms. The summed E-state index contributed by atoms with van der Waals surface area (Å²) in [7, 11) is 2.69. The maximum Gasteiger partial charge on any atom is 0.460 e. The summed E-state index contributed by atoms with van der Waals surface area (Å²) in [5, 5.41) is 10.2. The third-order valence-corrected chi connectivity index (χ3v) is 5.34. The number of alkyl halides is 17. The first-order chi connectivity index (χ1) is 16.4. The predicted octanol–water partition coefficient (Wildman–Crippen LogP) is 7.36. The molecule has 0 bridgehead atoms. The minimum Gasteiger partial charge on any atom is -0.385 e. The Hall–Kier alpha value is -2.21. The lowest BCUT2D eigenvalue weighted by Gasteiger charge is -2.43. The molecule has 1 atom stereocenters. The molecule has 0 aromatic heterocycles. The van der Waals surface area contributed by atoms with Crippen LogP contribution < -0.4 is 4.90 Å². The molecule has 0 fully saturated rings. The third kappa shape index (κ3) is 4.82. The van der Waals surface area contributed by atoms with Gasteiger partial charge in [-0.05, 0) is 24.6 Å². The van der Waals surface area contributed by atoms with Gasteiger partial charge in [0.15, 0.2) is 0 Å². The molecular formula is C19H16F17NO. The Kier molecular flexibility index (Phi) is 8.17. The first kappa shape index (κ1) is 33.8. The average molecular weight is 597 g/mol. The largest absolute Gasteiger partial charge is 0.460 e. The van der Waals surface area contributed by atoms with Crippen molar-refractivity contribution in [3.8, 4) is 0 Å². The van der Waals surface area contributed by atoms with Crippen LogP contribution in [-0.2, 0) is 5.60 Å². The molecule has 0 aliphatic carbocycles. The molecule has 0 aliphatic heterocycles. The van der Waals surface area contributed by atoms with E-state index in [1.807, 2.05) is 0 Å². The summed E-state index contributed by atoms with van der Waals surface area (Å²) in [6, 6.07) is 3.83. The molecule has 1 N–H and O–H groups in total. The minimum atomic E-state index is -8.69. The first-order valence-corrected chi connectivity index (χ1v) is 9.58. The Morgan fingerprint density at radius 3 is 1.34 bits per heavy atom. The van der Waals surface area contributed by atoms with Crippen molar-refractivity contribution in [1.82, 2.24) is 0 Å². The van der Waals surface area contributed by atoms with Crippen LogP contribution in [-0.4, -0.2) is 66.8 Å². The molecule has 0 amide bonds. The number of hydrogen-bond acceptors (Lipinski definition) is 2. The van der Waals surface area contributed by atoms with E-state index >= 15 is 0 Å². The summed E-state index contributed by atoms with van der Waals surface area (Å²) < 4.78 is 228. The maximum atomic E-state index is 14.3. The number of benzene rings is 1. The molecule has 0 spiro atoms. The van der Waals surface area contributed by atoms with Gasteiger partial charge in [0, 0.05) is 19.8 Å². The van der Waals surface area contributed by atoms with Crippen LogP contribution in [0.4, 0.5) is 80.3 Å². The van der Waals surface area contributed by atoms with Gasteiger partial charge >= 0.3 is 47.6 Å². The quantitative estimate of drug-likeness (QED) is 0.285. The number of aliphatic hydroxyl groups is 1. The van der Waals surface area contributed by atoms with Gasteiger partial charge in [0.25, 0.3) is 0 Å². The molecule has 1 rings (SSSR count). The Morgan fingerprint density at radius 2 is 0.974 bits per heavy atom. The van der Waals surface area contributed by atoms with Gasteiger partial charge in [-0.25, -0.2) is 0 Å². The predicted molar refractivity (Wildman–Crippen MR) is 95.6 cm³/mol. The van der Waals surface area contributed by atoms with Gasteiger partial charge in [-0.1, -0.05) is 12.1 Å². The molecule has 1 aromatic rings. The van der Waals surface area contributed by atoms with Crippen molar-refractivity contribution in [2.75, 3.05) is 19.0 Å². The summed E-state index contributed by atoms with van der Waals surface area (Å²) in [4.78, 5) is 1.25. The van der Waals surface area contributed by atoms with E-state index in [0.29, 0.717) is 0 Å². The van der Waals surface area contributed by atoms with Crippen molar-refractivity contribution in [1.29, 1.82) is 0 Å². The SMILES string of the molecule is CN(C)c1cccc(C(C)(O)CC(F)(F)C(F)(F)C(F)(F)C(F)(F)C(F)(F)C(F)(F)C(F)(F)C(F)(F)F)c1. The van der Waals surface area contributed by atoms with E-state index in [9.17, 15) is 79.7 Å². The molecular weight excluding hydrogens is 581 g/mol. The van der Waals surface area contributed by atoms with E-state index in [-0.39, 0.29) is 12.6 Å². The smallest absolute Gasteiger partial charge is 0.385 e. The monoisotopic (exact) mass is 597 g/mol. The summed E-state index contributed by atoms with van der Waals surface area (Å²) >= 11 is 0. The number of halogens is 17. The molecule has 2 nitrogen and oxygen atoms in total. The summed E-state index contributed by atoms with van der Waals surface area (Å²) in [5.41, 5.74) is -4.03. The normalized spacial score (nSPS) is 16.9. The first-order valence-electron chi connectivity index (χ1n) is 9.58. The highest BCUT2D eigenvalue weighted by Gasteiger charge is 2.95. The van der Waals surface area contributed by atoms with Gasteiger partial charge in [-0.3, -0.25) is 0 Å². The fraction of sp³-hybridized carbons (Fsp3) is 0.684. The number of nitrogens with zero attached hydrogens (tertiary/aromatic N) is 1. The van der Waals surface area contributed by atoms with E-state index < -0.39 is 65.2 Å². The van der Waals surface area contributed by atoms with Crippen LogP contribution in [0.25, 0.3) is 0 Å². The maximum absolute atomic E-state index is 14.3. The van der Waals surface area contributed by atoms with Gasteiger partial charge in [0.2, 0.25) is 0 Å². The second-order valence-electron chi connectivity index (χ2n) is 8.54. The van der Waals surface area contributed by atoms with Crippen molar-refractivity contribution in [2.45, 2.75) is 66.6 Å². The third-order valence-electron chi connectivity index (χ3n) is 5.34. The van der Waals surface area contributed by atoms with Crippen LogP contribution >= 0.6 is 0 Å².